The van der Waals surface area contributed by atoms with Gasteiger partial charge in [0.05, 0.1) is 7.11 Å². The summed E-state index contributed by atoms with van der Waals surface area (Å²) >= 11 is 0. The van der Waals surface area contributed by atoms with E-state index in [1.165, 1.54) is 24.8 Å². The number of alkyl halides is 3. The van der Waals surface area contributed by atoms with Crippen molar-refractivity contribution in [1.29, 1.82) is 0 Å². The van der Waals surface area contributed by atoms with Crippen LogP contribution in [0.25, 0.3) is 0 Å². The van der Waals surface area contributed by atoms with E-state index in [0.29, 0.717) is 17.9 Å². The molecule has 1 saturated heterocycles. The number of benzene rings is 1. The van der Waals surface area contributed by atoms with Crippen LogP contribution in [0, 0.1) is 11.8 Å². The number of carboxylic acids is 1. The van der Waals surface area contributed by atoms with Crippen LogP contribution < -0.4 is 10.5 Å². The normalized spacial score (nSPS) is 23.4. The van der Waals surface area contributed by atoms with Gasteiger partial charge in [0.1, 0.15) is 5.75 Å². The molecule has 1 aliphatic heterocycles. The maximum absolute atomic E-state index is 11.5. The molecule has 3 N–H and O–H groups in total. The first-order chi connectivity index (χ1) is 14.0. The quantitative estimate of drug-likeness (QED) is 0.764. The third-order valence-electron chi connectivity index (χ3n) is 5.75. The molecule has 0 radical (unpaired) electrons. The Labute approximate surface area is 173 Å². The van der Waals surface area contributed by atoms with Gasteiger partial charge in [0, 0.05) is 25.7 Å². The summed E-state index contributed by atoms with van der Waals surface area (Å²) in [7, 11) is 3.89. The van der Waals surface area contributed by atoms with Crippen molar-refractivity contribution in [3.63, 3.8) is 0 Å². The third-order valence-corrected chi connectivity index (χ3v) is 5.75. The summed E-state index contributed by atoms with van der Waals surface area (Å²) in [5.41, 5.74) is 6.75. The molecule has 2 amide bonds. The highest BCUT2D eigenvalue weighted by Gasteiger charge is 2.42. The van der Waals surface area contributed by atoms with Crippen molar-refractivity contribution in [2.75, 3.05) is 27.2 Å². The van der Waals surface area contributed by atoms with Crippen molar-refractivity contribution in [3.05, 3.63) is 29.8 Å². The van der Waals surface area contributed by atoms with Gasteiger partial charge in [-0.05, 0) is 49.4 Å². The maximum Gasteiger partial charge on any atom is 0.490 e. The standard InChI is InChI=1S/C18H27N3O2.C2HF3O2/c1-20(10-13-5-3-7-15(9-13)23-2)17-8-4-6-14-11-21(18(19)22)12-16(14)17;3-2(4,5)1(6)7/h3,5,7,9,14,16-17H,4,6,8,10-12H2,1-2H3,(H2,19,22);(H,6,7)/t14-,16+,17?;/m1./s1. The van der Waals surface area contributed by atoms with E-state index in [2.05, 4.69) is 24.1 Å². The minimum Gasteiger partial charge on any atom is -0.497 e. The van der Waals surface area contributed by atoms with Crippen molar-refractivity contribution in [1.82, 2.24) is 9.80 Å². The summed E-state index contributed by atoms with van der Waals surface area (Å²) in [6.07, 6.45) is -1.42. The number of rotatable bonds is 4. The number of nitrogens with zero attached hydrogens (tertiary/aromatic N) is 2. The lowest BCUT2D eigenvalue weighted by atomic mass is 9.77. The number of ether oxygens (including phenoxy) is 1. The number of aliphatic carboxylic acids is 1. The van der Waals surface area contributed by atoms with E-state index in [9.17, 15) is 18.0 Å². The topological polar surface area (TPSA) is 96.1 Å². The Hall–Kier alpha value is -2.49. The van der Waals surface area contributed by atoms with Crippen molar-refractivity contribution in [2.24, 2.45) is 17.6 Å². The zero-order valence-corrected chi connectivity index (χ0v) is 17.1. The number of fused-ring (bicyclic) bond motifs is 1. The Bertz CT molecular complexity index is 744. The van der Waals surface area contributed by atoms with Gasteiger partial charge in [0.2, 0.25) is 0 Å². The fourth-order valence-electron chi connectivity index (χ4n) is 4.34. The van der Waals surface area contributed by atoms with E-state index in [4.69, 9.17) is 20.4 Å². The number of primary amides is 1. The molecular weight excluding hydrogens is 403 g/mol. The van der Waals surface area contributed by atoms with Crippen molar-refractivity contribution < 1.29 is 32.6 Å². The molecule has 1 aliphatic carbocycles. The van der Waals surface area contributed by atoms with E-state index in [0.717, 1.165) is 25.4 Å². The second kappa shape index (κ2) is 10.0. The van der Waals surface area contributed by atoms with Crippen LogP contribution in [0.3, 0.4) is 0 Å². The molecule has 1 unspecified atom stereocenters. The molecule has 0 spiro atoms. The summed E-state index contributed by atoms with van der Waals surface area (Å²) in [4.78, 5) is 24.7. The minimum absolute atomic E-state index is 0.270. The summed E-state index contributed by atoms with van der Waals surface area (Å²) in [5, 5.41) is 7.12. The molecule has 1 aromatic carbocycles. The maximum atomic E-state index is 11.5. The van der Waals surface area contributed by atoms with Crippen LogP contribution >= 0.6 is 0 Å². The van der Waals surface area contributed by atoms with Gasteiger partial charge in [0.15, 0.2) is 0 Å². The molecule has 3 atom stereocenters. The van der Waals surface area contributed by atoms with E-state index < -0.39 is 12.1 Å². The Kier molecular flexibility index (Phi) is 7.94. The number of hydrogen-bond acceptors (Lipinski definition) is 4. The Morgan fingerprint density at radius 1 is 1.30 bits per heavy atom. The minimum atomic E-state index is -5.08. The highest BCUT2D eigenvalue weighted by molar-refractivity contribution is 5.73. The molecule has 0 bridgehead atoms. The number of carbonyl (C=O) groups excluding carboxylic acids is 1. The summed E-state index contributed by atoms with van der Waals surface area (Å²) < 4.78 is 37.1. The first-order valence-electron chi connectivity index (χ1n) is 9.70. The average Bonchev–Trinajstić information content (AvgIpc) is 3.12. The van der Waals surface area contributed by atoms with Gasteiger partial charge in [-0.15, -0.1) is 0 Å². The first-order valence-corrected chi connectivity index (χ1v) is 9.70. The number of hydrogen-bond donors (Lipinski definition) is 2. The van der Waals surface area contributed by atoms with E-state index in [-0.39, 0.29) is 6.03 Å². The van der Waals surface area contributed by atoms with Crippen LogP contribution in [0.1, 0.15) is 24.8 Å². The van der Waals surface area contributed by atoms with E-state index >= 15 is 0 Å². The Morgan fingerprint density at radius 2 is 1.97 bits per heavy atom. The molecule has 0 aromatic heterocycles. The molecule has 3 rings (SSSR count). The Morgan fingerprint density at radius 3 is 2.53 bits per heavy atom. The molecule has 30 heavy (non-hydrogen) atoms. The smallest absolute Gasteiger partial charge is 0.490 e. The van der Waals surface area contributed by atoms with Gasteiger partial charge in [-0.25, -0.2) is 9.59 Å². The number of carboxylic acid groups (broad SMARTS) is 1. The van der Waals surface area contributed by atoms with E-state index in [1.807, 2.05) is 17.0 Å². The predicted molar refractivity (Wildman–Crippen MR) is 104 cm³/mol. The van der Waals surface area contributed by atoms with E-state index in [1.54, 1.807) is 7.11 Å². The number of amides is 2. The fraction of sp³-hybridized carbons (Fsp3) is 0.600. The van der Waals surface area contributed by atoms with Crippen molar-refractivity contribution in [3.8, 4) is 5.75 Å². The lowest BCUT2D eigenvalue weighted by Crippen LogP contribution is -2.43. The lowest BCUT2D eigenvalue weighted by molar-refractivity contribution is -0.192. The molecule has 7 nitrogen and oxygen atoms in total. The average molecular weight is 431 g/mol. The van der Waals surface area contributed by atoms with Gasteiger partial charge in [-0.3, -0.25) is 4.90 Å². The number of likely N-dealkylation sites (tertiary alicyclic amines) is 1. The van der Waals surface area contributed by atoms with Crippen LogP contribution in [-0.4, -0.2) is 66.4 Å². The molecule has 2 aliphatic rings. The number of carbonyl (C=O) groups is 2. The molecule has 1 aromatic rings. The van der Waals surface area contributed by atoms with Gasteiger partial charge in [-0.2, -0.15) is 13.2 Å². The second-order valence-electron chi connectivity index (χ2n) is 7.73. The monoisotopic (exact) mass is 431 g/mol. The zero-order chi connectivity index (χ0) is 22.5. The zero-order valence-electron chi connectivity index (χ0n) is 17.1. The molecule has 168 valence electrons. The van der Waals surface area contributed by atoms with Crippen LogP contribution in [-0.2, 0) is 11.3 Å². The second-order valence-corrected chi connectivity index (χ2v) is 7.73. The number of halogens is 3. The SMILES string of the molecule is COc1cccc(CN(C)C2CCC[C@@H]3CN(C(N)=O)C[C@H]23)c1.O=C(O)C(F)(F)F. The number of methoxy groups -OCH3 is 1. The van der Waals surface area contributed by atoms with Gasteiger partial charge < -0.3 is 20.5 Å². The molecule has 1 saturated carbocycles. The van der Waals surface area contributed by atoms with Crippen molar-refractivity contribution in [2.45, 2.75) is 38.0 Å². The van der Waals surface area contributed by atoms with Crippen LogP contribution in [0.15, 0.2) is 24.3 Å². The number of nitrogens with two attached hydrogens (primary N) is 1. The highest BCUT2D eigenvalue weighted by Crippen LogP contribution is 2.38. The van der Waals surface area contributed by atoms with Crippen molar-refractivity contribution >= 4 is 12.0 Å². The molecule has 10 heteroatoms. The van der Waals surface area contributed by atoms with Gasteiger partial charge in [0.25, 0.3) is 0 Å². The van der Waals surface area contributed by atoms with Crippen LogP contribution in [0.5, 0.6) is 5.75 Å². The molecular formula is C20H28F3N3O4. The largest absolute Gasteiger partial charge is 0.497 e. The third kappa shape index (κ3) is 6.25. The fourth-order valence-corrected chi connectivity index (χ4v) is 4.34. The summed E-state index contributed by atoms with van der Waals surface area (Å²) in [6, 6.07) is 8.50. The highest BCUT2D eigenvalue weighted by atomic mass is 19.4. The predicted octanol–water partition coefficient (Wildman–Crippen LogP) is 2.94. The summed E-state index contributed by atoms with van der Waals surface area (Å²) in [6.45, 7) is 2.55. The van der Waals surface area contributed by atoms with Crippen LogP contribution in [0.2, 0.25) is 0 Å². The first kappa shape index (κ1) is 23.8. The summed E-state index contributed by atoms with van der Waals surface area (Å²) in [5.74, 6) is -0.702. The van der Waals surface area contributed by atoms with Crippen LogP contribution in [0.4, 0.5) is 18.0 Å². The van der Waals surface area contributed by atoms with Gasteiger partial charge in [-0.1, -0.05) is 18.6 Å². The number of urea groups is 1. The lowest BCUT2D eigenvalue weighted by Gasteiger charge is -2.39. The Balaban J connectivity index is 0.000000396. The molecule has 1 heterocycles. The molecule has 2 fully saturated rings. The van der Waals surface area contributed by atoms with Gasteiger partial charge >= 0.3 is 18.2 Å².